The zero-order valence-corrected chi connectivity index (χ0v) is 14.0. The van der Waals surface area contributed by atoms with Crippen LogP contribution >= 0.6 is 0 Å². The van der Waals surface area contributed by atoms with Gasteiger partial charge in [-0.25, -0.2) is 4.39 Å². The highest BCUT2D eigenvalue weighted by Gasteiger charge is 2.38. The Morgan fingerprint density at radius 1 is 1.24 bits per heavy atom. The van der Waals surface area contributed by atoms with E-state index < -0.39 is 0 Å². The molecule has 21 heavy (non-hydrogen) atoms. The first-order valence-corrected chi connectivity index (χ1v) is 8.21. The molecule has 1 nitrogen and oxygen atoms in total. The van der Waals surface area contributed by atoms with Gasteiger partial charge in [0.25, 0.3) is 0 Å². The molecule has 1 aromatic rings. The van der Waals surface area contributed by atoms with Gasteiger partial charge in [0, 0.05) is 0 Å². The van der Waals surface area contributed by atoms with Crippen molar-refractivity contribution >= 4 is 0 Å². The Hall–Kier alpha value is -0.890. The molecule has 0 aromatic heterocycles. The third-order valence-electron chi connectivity index (χ3n) is 5.57. The molecule has 2 rings (SSSR count). The van der Waals surface area contributed by atoms with Crippen molar-refractivity contribution in [2.24, 2.45) is 22.5 Å². The summed E-state index contributed by atoms with van der Waals surface area (Å²) >= 11 is 0. The third kappa shape index (κ3) is 3.85. The molecule has 1 saturated carbocycles. The number of rotatable bonds is 3. The van der Waals surface area contributed by atoms with Gasteiger partial charge in [-0.2, -0.15) is 0 Å². The number of hydrogen-bond donors (Lipinski definition) is 1. The standard InChI is InChI=1S/C19H30FN/c1-14-11-17(20)6-5-15(14)12-19(13-21)9-7-16(8-10-19)18(2,3)4/h5-6,11,16H,7-10,12-13,21H2,1-4H3. The molecule has 1 aliphatic rings. The van der Waals surface area contributed by atoms with Crippen molar-refractivity contribution in [3.63, 3.8) is 0 Å². The van der Waals surface area contributed by atoms with E-state index >= 15 is 0 Å². The summed E-state index contributed by atoms with van der Waals surface area (Å²) in [5.41, 5.74) is 9.07. The Morgan fingerprint density at radius 3 is 2.33 bits per heavy atom. The van der Waals surface area contributed by atoms with E-state index in [1.807, 2.05) is 13.0 Å². The first-order valence-electron chi connectivity index (χ1n) is 8.21. The molecule has 1 aliphatic carbocycles. The molecule has 0 spiro atoms. The van der Waals surface area contributed by atoms with Gasteiger partial charge >= 0.3 is 0 Å². The Morgan fingerprint density at radius 2 is 1.86 bits per heavy atom. The van der Waals surface area contributed by atoms with Crippen molar-refractivity contribution in [1.29, 1.82) is 0 Å². The van der Waals surface area contributed by atoms with Crippen LogP contribution in [-0.2, 0) is 6.42 Å². The molecular weight excluding hydrogens is 261 g/mol. The van der Waals surface area contributed by atoms with E-state index in [9.17, 15) is 4.39 Å². The summed E-state index contributed by atoms with van der Waals surface area (Å²) in [5.74, 6) is 0.654. The van der Waals surface area contributed by atoms with Gasteiger partial charge in [0.2, 0.25) is 0 Å². The highest BCUT2D eigenvalue weighted by Crippen LogP contribution is 2.46. The fourth-order valence-electron chi connectivity index (χ4n) is 3.81. The second kappa shape index (κ2) is 6.08. The zero-order chi connectivity index (χ0) is 15.7. The van der Waals surface area contributed by atoms with Crippen molar-refractivity contribution in [2.45, 2.75) is 59.8 Å². The SMILES string of the molecule is Cc1cc(F)ccc1CC1(CN)CCC(C(C)(C)C)CC1. The Bertz CT molecular complexity index is 479. The normalized spacial score (nSPS) is 26.9. The minimum atomic E-state index is -0.144. The number of halogens is 1. The van der Waals surface area contributed by atoms with Gasteiger partial charge < -0.3 is 5.73 Å². The average Bonchev–Trinajstić information content (AvgIpc) is 2.41. The van der Waals surface area contributed by atoms with Gasteiger partial charge in [-0.05, 0) is 85.6 Å². The van der Waals surface area contributed by atoms with Gasteiger partial charge in [0.1, 0.15) is 5.82 Å². The van der Waals surface area contributed by atoms with Crippen LogP contribution in [0.3, 0.4) is 0 Å². The van der Waals surface area contributed by atoms with Crippen LogP contribution in [0.15, 0.2) is 18.2 Å². The van der Waals surface area contributed by atoms with E-state index in [4.69, 9.17) is 5.73 Å². The second-order valence-electron chi connectivity index (χ2n) is 8.09. The molecular formula is C19H30FN. The maximum absolute atomic E-state index is 13.3. The highest BCUT2D eigenvalue weighted by atomic mass is 19.1. The minimum Gasteiger partial charge on any atom is -0.330 e. The highest BCUT2D eigenvalue weighted by molar-refractivity contribution is 5.28. The van der Waals surface area contributed by atoms with E-state index in [0.29, 0.717) is 5.41 Å². The van der Waals surface area contributed by atoms with Gasteiger partial charge in [-0.15, -0.1) is 0 Å². The molecule has 118 valence electrons. The van der Waals surface area contributed by atoms with Crippen molar-refractivity contribution < 1.29 is 4.39 Å². The van der Waals surface area contributed by atoms with E-state index in [-0.39, 0.29) is 11.2 Å². The third-order valence-corrected chi connectivity index (χ3v) is 5.57. The Labute approximate surface area is 129 Å². The quantitative estimate of drug-likeness (QED) is 0.845. The molecule has 1 fully saturated rings. The van der Waals surface area contributed by atoms with E-state index in [0.717, 1.165) is 24.4 Å². The van der Waals surface area contributed by atoms with Gasteiger partial charge in [-0.3, -0.25) is 0 Å². The summed E-state index contributed by atoms with van der Waals surface area (Å²) in [6.07, 6.45) is 5.92. The summed E-state index contributed by atoms with van der Waals surface area (Å²) in [5, 5.41) is 0. The zero-order valence-electron chi connectivity index (χ0n) is 14.0. The molecule has 0 saturated heterocycles. The lowest BCUT2D eigenvalue weighted by atomic mass is 9.62. The first-order chi connectivity index (χ1) is 9.76. The number of nitrogens with two attached hydrogens (primary N) is 1. The topological polar surface area (TPSA) is 26.0 Å². The predicted octanol–water partition coefficient (Wildman–Crippen LogP) is 4.86. The predicted molar refractivity (Wildman–Crippen MR) is 87.7 cm³/mol. The van der Waals surface area contributed by atoms with Crippen molar-refractivity contribution in [3.8, 4) is 0 Å². The fourth-order valence-corrected chi connectivity index (χ4v) is 3.81. The van der Waals surface area contributed by atoms with E-state index in [2.05, 4.69) is 20.8 Å². The Balaban J connectivity index is 2.10. The lowest BCUT2D eigenvalue weighted by molar-refractivity contribution is 0.0925. The molecule has 0 bridgehead atoms. The van der Waals surface area contributed by atoms with Crippen LogP contribution in [0.25, 0.3) is 0 Å². The second-order valence-corrected chi connectivity index (χ2v) is 8.09. The maximum Gasteiger partial charge on any atom is 0.123 e. The molecule has 0 aliphatic heterocycles. The summed E-state index contributed by atoms with van der Waals surface area (Å²) in [6.45, 7) is 9.77. The van der Waals surface area contributed by atoms with Gasteiger partial charge in [0.05, 0.1) is 0 Å². The van der Waals surface area contributed by atoms with Crippen LogP contribution in [0, 0.1) is 29.5 Å². The van der Waals surface area contributed by atoms with Crippen LogP contribution in [-0.4, -0.2) is 6.54 Å². The number of benzene rings is 1. The fraction of sp³-hybridized carbons (Fsp3) is 0.684. The Kier molecular flexibility index (Phi) is 4.77. The van der Waals surface area contributed by atoms with Crippen LogP contribution in [0.4, 0.5) is 4.39 Å². The van der Waals surface area contributed by atoms with Crippen LogP contribution in [0.1, 0.15) is 57.6 Å². The summed E-state index contributed by atoms with van der Waals surface area (Å²) in [4.78, 5) is 0. The molecule has 0 unspecified atom stereocenters. The molecule has 2 heteroatoms. The summed E-state index contributed by atoms with van der Waals surface area (Å²) in [6, 6.07) is 5.16. The van der Waals surface area contributed by atoms with Gasteiger partial charge in [-0.1, -0.05) is 26.8 Å². The maximum atomic E-state index is 13.3. The minimum absolute atomic E-state index is 0.144. The van der Waals surface area contributed by atoms with Crippen molar-refractivity contribution in [2.75, 3.05) is 6.54 Å². The first kappa shape index (κ1) is 16.5. The summed E-state index contributed by atoms with van der Waals surface area (Å²) < 4.78 is 13.3. The lowest BCUT2D eigenvalue weighted by Gasteiger charge is -2.44. The van der Waals surface area contributed by atoms with Crippen LogP contribution in [0.5, 0.6) is 0 Å². The van der Waals surface area contributed by atoms with E-state index in [1.165, 1.54) is 31.2 Å². The van der Waals surface area contributed by atoms with Crippen molar-refractivity contribution in [3.05, 3.63) is 35.1 Å². The number of aryl methyl sites for hydroxylation is 1. The lowest BCUT2D eigenvalue weighted by Crippen LogP contribution is -2.39. The smallest absolute Gasteiger partial charge is 0.123 e. The molecule has 0 heterocycles. The largest absolute Gasteiger partial charge is 0.330 e. The molecule has 0 radical (unpaired) electrons. The van der Waals surface area contributed by atoms with Crippen molar-refractivity contribution in [1.82, 2.24) is 0 Å². The molecule has 2 N–H and O–H groups in total. The number of hydrogen-bond acceptors (Lipinski definition) is 1. The molecule has 1 aromatic carbocycles. The molecule has 0 atom stereocenters. The average molecular weight is 291 g/mol. The monoisotopic (exact) mass is 291 g/mol. The molecule has 0 amide bonds. The van der Waals surface area contributed by atoms with Crippen LogP contribution in [0.2, 0.25) is 0 Å². The van der Waals surface area contributed by atoms with Gasteiger partial charge in [0.15, 0.2) is 0 Å². The van der Waals surface area contributed by atoms with Crippen LogP contribution < -0.4 is 5.73 Å². The summed E-state index contributed by atoms with van der Waals surface area (Å²) in [7, 11) is 0. The van der Waals surface area contributed by atoms with E-state index in [1.54, 1.807) is 12.1 Å².